The molecule has 0 aliphatic heterocycles. The van der Waals surface area contributed by atoms with E-state index in [9.17, 15) is 14.9 Å². The predicted molar refractivity (Wildman–Crippen MR) is 84.0 cm³/mol. The van der Waals surface area contributed by atoms with E-state index >= 15 is 0 Å². The third kappa shape index (κ3) is 2.93. The molecule has 7 nitrogen and oxygen atoms in total. The lowest BCUT2D eigenvalue weighted by atomic mass is 10.1. The summed E-state index contributed by atoms with van der Waals surface area (Å²) in [6, 6.07) is 14.7. The Morgan fingerprint density at radius 1 is 1.13 bits per heavy atom. The Bertz CT molecular complexity index is 907. The zero-order valence-electron chi connectivity index (χ0n) is 11.8. The molecule has 1 aromatic heterocycles. The van der Waals surface area contributed by atoms with Crippen molar-refractivity contribution in [1.29, 1.82) is 0 Å². The van der Waals surface area contributed by atoms with Gasteiger partial charge in [0.2, 0.25) is 0 Å². The summed E-state index contributed by atoms with van der Waals surface area (Å²) in [6.07, 6.45) is -0.905. The van der Waals surface area contributed by atoms with E-state index in [1.54, 1.807) is 48.5 Å². The maximum absolute atomic E-state index is 11.3. The standard InChI is InChI=1S/C16H11N3O4/c17-16(20)23-11-7-5-10(6-8-11)14-9-15(19(21)22)12-3-1-2-4-13(12)18-14/h1-9H,(H2,17,20). The normalized spacial score (nSPS) is 10.4. The Morgan fingerprint density at radius 2 is 1.83 bits per heavy atom. The number of primary amides is 1. The molecule has 3 aromatic rings. The van der Waals surface area contributed by atoms with Gasteiger partial charge in [-0.25, -0.2) is 9.78 Å². The van der Waals surface area contributed by atoms with Gasteiger partial charge in [0, 0.05) is 11.6 Å². The fraction of sp³-hybridized carbons (Fsp3) is 0. The number of nitro groups is 1. The molecule has 0 saturated carbocycles. The van der Waals surface area contributed by atoms with Gasteiger partial charge >= 0.3 is 6.09 Å². The maximum atomic E-state index is 11.3. The summed E-state index contributed by atoms with van der Waals surface area (Å²) < 4.78 is 4.75. The van der Waals surface area contributed by atoms with Gasteiger partial charge in [0.15, 0.2) is 0 Å². The molecule has 1 amide bonds. The van der Waals surface area contributed by atoms with Crippen LogP contribution in [0.2, 0.25) is 0 Å². The topological polar surface area (TPSA) is 108 Å². The van der Waals surface area contributed by atoms with E-state index in [-0.39, 0.29) is 11.4 Å². The number of benzene rings is 2. The second-order valence-electron chi connectivity index (χ2n) is 4.75. The van der Waals surface area contributed by atoms with E-state index < -0.39 is 11.0 Å². The zero-order valence-corrected chi connectivity index (χ0v) is 11.8. The smallest absolute Gasteiger partial charge is 0.409 e. The van der Waals surface area contributed by atoms with E-state index in [0.29, 0.717) is 22.2 Å². The van der Waals surface area contributed by atoms with Gasteiger partial charge in [-0.3, -0.25) is 10.1 Å². The van der Waals surface area contributed by atoms with Crippen molar-refractivity contribution < 1.29 is 14.5 Å². The Morgan fingerprint density at radius 3 is 2.48 bits per heavy atom. The molecule has 114 valence electrons. The van der Waals surface area contributed by atoms with E-state index in [2.05, 4.69) is 4.98 Å². The van der Waals surface area contributed by atoms with Crippen LogP contribution in [0.15, 0.2) is 54.6 Å². The second-order valence-corrected chi connectivity index (χ2v) is 4.75. The van der Waals surface area contributed by atoms with Gasteiger partial charge in [-0.1, -0.05) is 12.1 Å². The number of hydrogen-bond acceptors (Lipinski definition) is 5. The molecule has 0 aliphatic carbocycles. The van der Waals surface area contributed by atoms with E-state index in [1.807, 2.05) is 0 Å². The highest BCUT2D eigenvalue weighted by Gasteiger charge is 2.15. The molecule has 2 aromatic carbocycles. The van der Waals surface area contributed by atoms with Gasteiger partial charge in [-0.15, -0.1) is 0 Å². The SMILES string of the molecule is NC(=O)Oc1ccc(-c2cc([N+](=O)[O-])c3ccccc3n2)cc1. The number of nitrogens with zero attached hydrogens (tertiary/aromatic N) is 2. The quantitative estimate of drug-likeness (QED) is 0.590. The first-order valence-corrected chi connectivity index (χ1v) is 6.66. The number of carbonyl (C=O) groups excluding carboxylic acids is 1. The molecule has 23 heavy (non-hydrogen) atoms. The van der Waals surface area contributed by atoms with Crippen molar-refractivity contribution in [2.24, 2.45) is 5.73 Å². The molecule has 3 rings (SSSR count). The number of pyridine rings is 1. The zero-order chi connectivity index (χ0) is 16.4. The van der Waals surface area contributed by atoms with Crippen LogP contribution in [-0.4, -0.2) is 16.0 Å². The number of para-hydroxylation sites is 1. The van der Waals surface area contributed by atoms with Crippen molar-refractivity contribution >= 4 is 22.7 Å². The van der Waals surface area contributed by atoms with Crippen LogP contribution in [0.5, 0.6) is 5.75 Å². The molecular formula is C16H11N3O4. The molecule has 2 N–H and O–H groups in total. The largest absolute Gasteiger partial charge is 0.411 e. The van der Waals surface area contributed by atoms with Crippen LogP contribution in [0.1, 0.15) is 0 Å². The van der Waals surface area contributed by atoms with Crippen LogP contribution in [0.25, 0.3) is 22.2 Å². The average molecular weight is 309 g/mol. The average Bonchev–Trinajstić information content (AvgIpc) is 2.54. The van der Waals surface area contributed by atoms with Crippen LogP contribution >= 0.6 is 0 Å². The Balaban J connectivity index is 2.09. The summed E-state index contributed by atoms with van der Waals surface area (Å²) in [6.45, 7) is 0. The summed E-state index contributed by atoms with van der Waals surface area (Å²) >= 11 is 0. The number of hydrogen-bond donors (Lipinski definition) is 1. The summed E-state index contributed by atoms with van der Waals surface area (Å²) in [5.74, 6) is 0.288. The Kier molecular flexibility index (Phi) is 3.60. The third-order valence-electron chi connectivity index (χ3n) is 3.26. The monoisotopic (exact) mass is 309 g/mol. The van der Waals surface area contributed by atoms with E-state index in [4.69, 9.17) is 10.5 Å². The molecule has 1 heterocycles. The number of amides is 1. The van der Waals surface area contributed by atoms with Crippen LogP contribution < -0.4 is 10.5 Å². The van der Waals surface area contributed by atoms with E-state index in [1.165, 1.54) is 6.07 Å². The van der Waals surface area contributed by atoms with Gasteiger partial charge in [0.25, 0.3) is 5.69 Å². The molecule has 0 unspecified atom stereocenters. The van der Waals surface area contributed by atoms with Crippen LogP contribution in [0.4, 0.5) is 10.5 Å². The van der Waals surface area contributed by atoms with Crippen molar-refractivity contribution in [3.63, 3.8) is 0 Å². The second kappa shape index (κ2) is 5.72. The first kappa shape index (κ1) is 14.5. The minimum atomic E-state index is -0.905. The highest BCUT2D eigenvalue weighted by Crippen LogP contribution is 2.30. The van der Waals surface area contributed by atoms with Gasteiger partial charge in [-0.05, 0) is 36.4 Å². The fourth-order valence-corrected chi connectivity index (χ4v) is 2.27. The number of aromatic nitrogens is 1. The molecule has 0 spiro atoms. The maximum Gasteiger partial charge on any atom is 0.409 e. The van der Waals surface area contributed by atoms with Crippen molar-refractivity contribution in [2.45, 2.75) is 0 Å². The lowest BCUT2D eigenvalue weighted by Crippen LogP contribution is -2.16. The van der Waals surface area contributed by atoms with Crippen molar-refractivity contribution in [2.75, 3.05) is 0 Å². The highest BCUT2D eigenvalue weighted by molar-refractivity contribution is 5.90. The number of rotatable bonds is 3. The Hall–Kier alpha value is -3.48. The van der Waals surface area contributed by atoms with Gasteiger partial charge in [-0.2, -0.15) is 0 Å². The van der Waals surface area contributed by atoms with Crippen LogP contribution in [0.3, 0.4) is 0 Å². The summed E-state index contributed by atoms with van der Waals surface area (Å²) in [5.41, 5.74) is 6.59. The fourth-order valence-electron chi connectivity index (χ4n) is 2.27. The van der Waals surface area contributed by atoms with Crippen molar-refractivity contribution in [3.8, 4) is 17.0 Å². The number of fused-ring (bicyclic) bond motifs is 1. The first-order valence-electron chi connectivity index (χ1n) is 6.66. The molecular weight excluding hydrogens is 298 g/mol. The summed E-state index contributed by atoms with van der Waals surface area (Å²) in [5, 5.41) is 11.8. The number of nitrogens with two attached hydrogens (primary N) is 1. The van der Waals surface area contributed by atoms with Crippen molar-refractivity contribution in [1.82, 2.24) is 4.98 Å². The first-order chi connectivity index (χ1) is 11.0. The molecule has 0 fully saturated rings. The number of carbonyl (C=O) groups is 1. The Labute approximate surface area is 130 Å². The van der Waals surface area contributed by atoms with Gasteiger partial charge < -0.3 is 10.5 Å². The number of ether oxygens (including phenoxy) is 1. The van der Waals surface area contributed by atoms with E-state index in [0.717, 1.165) is 0 Å². The lowest BCUT2D eigenvalue weighted by molar-refractivity contribution is -0.383. The molecule has 0 aliphatic rings. The van der Waals surface area contributed by atoms with Gasteiger partial charge in [0.1, 0.15) is 5.75 Å². The molecule has 0 bridgehead atoms. The predicted octanol–water partition coefficient (Wildman–Crippen LogP) is 3.27. The molecule has 7 heteroatoms. The van der Waals surface area contributed by atoms with Gasteiger partial charge in [0.05, 0.1) is 21.5 Å². The third-order valence-corrected chi connectivity index (χ3v) is 3.26. The van der Waals surface area contributed by atoms with Crippen molar-refractivity contribution in [3.05, 3.63) is 64.7 Å². The molecule has 0 radical (unpaired) electrons. The summed E-state index contributed by atoms with van der Waals surface area (Å²) in [4.78, 5) is 26.0. The van der Waals surface area contributed by atoms with Crippen LogP contribution in [0, 0.1) is 10.1 Å². The lowest BCUT2D eigenvalue weighted by Gasteiger charge is -2.06. The highest BCUT2D eigenvalue weighted by atomic mass is 16.6. The van der Waals surface area contributed by atoms with Crippen LogP contribution in [-0.2, 0) is 0 Å². The molecule has 0 atom stereocenters. The minimum Gasteiger partial charge on any atom is -0.411 e. The minimum absolute atomic E-state index is 0.0111. The molecule has 0 saturated heterocycles. The summed E-state index contributed by atoms with van der Waals surface area (Å²) in [7, 11) is 0.